The lowest BCUT2D eigenvalue weighted by Gasteiger charge is -2.22. The molecule has 2 atom stereocenters. The summed E-state index contributed by atoms with van der Waals surface area (Å²) in [6.07, 6.45) is 2.54. The van der Waals surface area contributed by atoms with Gasteiger partial charge in [-0.15, -0.1) is 11.6 Å². The number of alkyl halides is 1. The minimum atomic E-state index is -0.397. The van der Waals surface area contributed by atoms with E-state index >= 15 is 0 Å². The van der Waals surface area contributed by atoms with Crippen LogP contribution in [0.25, 0.3) is 0 Å². The van der Waals surface area contributed by atoms with Gasteiger partial charge in [-0.25, -0.2) is 0 Å². The lowest BCUT2D eigenvalue weighted by atomic mass is 10.1. The Labute approximate surface area is 74.2 Å². The van der Waals surface area contributed by atoms with Crippen LogP contribution in [0.5, 0.6) is 0 Å². The van der Waals surface area contributed by atoms with Crippen LogP contribution >= 0.6 is 11.6 Å². The molecular weight excluding hydrogens is 162 g/mol. The Kier molecular flexibility index (Phi) is 5.92. The molecule has 0 aromatic carbocycles. The number of nitrogens with zero attached hydrogens (tertiary/aromatic N) is 1. The quantitative estimate of drug-likeness (QED) is 0.513. The highest BCUT2D eigenvalue weighted by Crippen LogP contribution is 2.11. The second-order valence-electron chi connectivity index (χ2n) is 3.05. The molecule has 11 heavy (non-hydrogen) atoms. The van der Waals surface area contributed by atoms with Gasteiger partial charge in [-0.2, -0.15) is 0 Å². The molecular formula is C8H18ClNO. The molecule has 0 aromatic heterocycles. The van der Waals surface area contributed by atoms with Crippen molar-refractivity contribution in [1.29, 1.82) is 0 Å². The molecule has 0 bridgehead atoms. The monoisotopic (exact) mass is 179 g/mol. The van der Waals surface area contributed by atoms with Crippen LogP contribution in [0.2, 0.25) is 0 Å². The molecule has 2 nitrogen and oxygen atoms in total. The third-order valence-corrected chi connectivity index (χ3v) is 2.35. The van der Waals surface area contributed by atoms with E-state index in [4.69, 9.17) is 11.6 Å². The van der Waals surface area contributed by atoms with Crippen LogP contribution in [0.15, 0.2) is 0 Å². The SMILES string of the molecule is CCCCC(O)C(Cl)N(C)C. The highest BCUT2D eigenvalue weighted by atomic mass is 35.5. The average molecular weight is 180 g/mol. The van der Waals surface area contributed by atoms with Crippen molar-refractivity contribution in [2.45, 2.75) is 37.8 Å². The number of rotatable bonds is 5. The van der Waals surface area contributed by atoms with Gasteiger partial charge >= 0.3 is 0 Å². The van der Waals surface area contributed by atoms with Gasteiger partial charge in [0, 0.05) is 0 Å². The lowest BCUT2D eigenvalue weighted by molar-refractivity contribution is 0.106. The second-order valence-corrected chi connectivity index (χ2v) is 3.49. The number of halogens is 1. The molecule has 0 fully saturated rings. The van der Waals surface area contributed by atoms with Gasteiger partial charge < -0.3 is 5.11 Å². The van der Waals surface area contributed by atoms with Gasteiger partial charge in [0.1, 0.15) is 5.50 Å². The highest BCUT2D eigenvalue weighted by Gasteiger charge is 2.16. The van der Waals surface area contributed by atoms with Gasteiger partial charge in [0.15, 0.2) is 0 Å². The molecule has 0 radical (unpaired) electrons. The van der Waals surface area contributed by atoms with Crippen LogP contribution in [0, 0.1) is 0 Å². The van der Waals surface area contributed by atoms with Gasteiger partial charge in [-0.3, -0.25) is 4.90 Å². The van der Waals surface area contributed by atoms with Crippen LogP contribution < -0.4 is 0 Å². The summed E-state index contributed by atoms with van der Waals surface area (Å²) in [5.41, 5.74) is -0.249. The summed E-state index contributed by atoms with van der Waals surface area (Å²) in [6.45, 7) is 2.10. The summed E-state index contributed by atoms with van der Waals surface area (Å²) < 4.78 is 0. The first kappa shape index (κ1) is 11.2. The molecule has 1 N–H and O–H groups in total. The van der Waals surface area contributed by atoms with Crippen molar-refractivity contribution in [2.75, 3.05) is 14.1 Å². The smallest absolute Gasteiger partial charge is 0.111 e. The third-order valence-electron chi connectivity index (χ3n) is 1.66. The Hall–Kier alpha value is 0.210. The zero-order valence-corrected chi connectivity index (χ0v) is 8.30. The van der Waals surface area contributed by atoms with E-state index in [1.54, 1.807) is 0 Å². The first-order valence-corrected chi connectivity index (χ1v) is 4.51. The molecule has 0 aliphatic rings. The first-order chi connectivity index (χ1) is 5.09. The molecule has 0 amide bonds. The van der Waals surface area contributed by atoms with E-state index in [1.807, 2.05) is 19.0 Å². The van der Waals surface area contributed by atoms with Crippen molar-refractivity contribution in [3.63, 3.8) is 0 Å². The minimum Gasteiger partial charge on any atom is -0.390 e. The van der Waals surface area contributed by atoms with Gasteiger partial charge in [0.2, 0.25) is 0 Å². The number of likely N-dealkylation sites (N-methyl/N-ethyl adjacent to an activating group) is 1. The zero-order valence-electron chi connectivity index (χ0n) is 7.55. The Morgan fingerprint density at radius 3 is 2.36 bits per heavy atom. The summed E-state index contributed by atoms with van der Waals surface area (Å²) in [6, 6.07) is 0. The molecule has 0 aliphatic carbocycles. The topological polar surface area (TPSA) is 23.5 Å². The number of hydrogen-bond donors (Lipinski definition) is 1. The molecule has 68 valence electrons. The Balaban J connectivity index is 3.55. The average Bonchev–Trinajstić information content (AvgIpc) is 1.98. The largest absolute Gasteiger partial charge is 0.390 e. The van der Waals surface area contributed by atoms with Crippen molar-refractivity contribution in [3.8, 4) is 0 Å². The van der Waals surface area contributed by atoms with Crippen molar-refractivity contribution >= 4 is 11.6 Å². The van der Waals surface area contributed by atoms with E-state index in [-0.39, 0.29) is 5.50 Å². The fourth-order valence-corrected chi connectivity index (χ4v) is 1.02. The Bertz CT molecular complexity index is 98.1. The van der Waals surface area contributed by atoms with Crippen LogP contribution in [0.3, 0.4) is 0 Å². The zero-order chi connectivity index (χ0) is 8.85. The highest BCUT2D eigenvalue weighted by molar-refractivity contribution is 6.20. The minimum absolute atomic E-state index is 0.249. The molecule has 2 unspecified atom stereocenters. The van der Waals surface area contributed by atoms with E-state index in [9.17, 15) is 5.11 Å². The summed E-state index contributed by atoms with van der Waals surface area (Å²) in [5, 5.41) is 9.45. The molecule has 3 heteroatoms. The number of aliphatic hydroxyl groups is 1. The molecule has 0 spiro atoms. The summed E-state index contributed by atoms with van der Waals surface area (Å²) in [7, 11) is 3.74. The van der Waals surface area contributed by atoms with Gasteiger partial charge in [0.05, 0.1) is 6.10 Å². The predicted molar refractivity (Wildman–Crippen MR) is 48.9 cm³/mol. The maximum atomic E-state index is 9.45. The van der Waals surface area contributed by atoms with Crippen LogP contribution in [0.4, 0.5) is 0 Å². The van der Waals surface area contributed by atoms with Crippen LogP contribution in [0.1, 0.15) is 26.2 Å². The molecule has 0 aromatic rings. The predicted octanol–water partition coefficient (Wildman–Crippen LogP) is 1.66. The fourth-order valence-electron chi connectivity index (χ4n) is 0.895. The Morgan fingerprint density at radius 2 is 2.00 bits per heavy atom. The van der Waals surface area contributed by atoms with Gasteiger partial charge in [0.25, 0.3) is 0 Å². The van der Waals surface area contributed by atoms with Crippen LogP contribution in [-0.4, -0.2) is 35.7 Å². The third kappa shape index (κ3) is 4.62. The van der Waals surface area contributed by atoms with Gasteiger partial charge in [-0.1, -0.05) is 19.8 Å². The summed E-state index contributed by atoms with van der Waals surface area (Å²) in [4.78, 5) is 1.82. The van der Waals surface area contributed by atoms with E-state index in [2.05, 4.69) is 6.92 Å². The molecule has 0 rings (SSSR count). The van der Waals surface area contributed by atoms with Crippen LogP contribution in [-0.2, 0) is 0 Å². The molecule has 0 aliphatic heterocycles. The standard InChI is InChI=1S/C8H18ClNO/c1-4-5-6-7(11)8(9)10(2)3/h7-8,11H,4-6H2,1-3H3. The van der Waals surface area contributed by atoms with Crippen molar-refractivity contribution in [3.05, 3.63) is 0 Å². The van der Waals surface area contributed by atoms with Gasteiger partial charge in [-0.05, 0) is 20.5 Å². The fraction of sp³-hybridized carbons (Fsp3) is 1.00. The van der Waals surface area contributed by atoms with Crippen molar-refractivity contribution < 1.29 is 5.11 Å². The molecule has 0 heterocycles. The number of aliphatic hydroxyl groups excluding tert-OH is 1. The molecule has 0 saturated heterocycles. The normalized spacial score (nSPS) is 16.9. The van der Waals surface area contributed by atoms with E-state index in [0.29, 0.717) is 0 Å². The first-order valence-electron chi connectivity index (χ1n) is 4.08. The number of unbranched alkanes of at least 4 members (excludes halogenated alkanes) is 1. The van der Waals surface area contributed by atoms with Crippen molar-refractivity contribution in [2.24, 2.45) is 0 Å². The Morgan fingerprint density at radius 1 is 1.45 bits per heavy atom. The maximum Gasteiger partial charge on any atom is 0.111 e. The van der Waals surface area contributed by atoms with E-state index in [0.717, 1.165) is 19.3 Å². The maximum absolute atomic E-state index is 9.45. The summed E-state index contributed by atoms with van der Waals surface area (Å²) in [5.74, 6) is 0. The second kappa shape index (κ2) is 5.81. The number of hydrogen-bond acceptors (Lipinski definition) is 2. The van der Waals surface area contributed by atoms with Crippen molar-refractivity contribution in [1.82, 2.24) is 4.90 Å². The van der Waals surface area contributed by atoms with E-state index in [1.165, 1.54) is 0 Å². The summed E-state index contributed by atoms with van der Waals surface area (Å²) >= 11 is 5.88. The lowest BCUT2D eigenvalue weighted by Crippen LogP contribution is -2.34. The molecule has 0 saturated carbocycles. The van der Waals surface area contributed by atoms with E-state index < -0.39 is 6.10 Å².